The summed E-state index contributed by atoms with van der Waals surface area (Å²) >= 11 is 5.90. The topological polar surface area (TPSA) is 66.4 Å². The van der Waals surface area contributed by atoms with Crippen molar-refractivity contribution in [3.8, 4) is 0 Å². The fraction of sp³-hybridized carbons (Fsp3) is 0.273. The first-order valence-electron chi connectivity index (χ1n) is 4.74. The third-order valence-corrected chi connectivity index (χ3v) is 2.48. The average Bonchev–Trinajstić information content (AvgIpc) is 2.20. The molecule has 0 fully saturated rings. The Labute approximate surface area is 98.2 Å². The van der Waals surface area contributed by atoms with Gasteiger partial charge in [0.15, 0.2) is 0 Å². The number of aliphatic carboxylic acids is 1. The molecule has 1 amide bonds. The lowest BCUT2D eigenvalue weighted by Gasteiger charge is -2.14. The van der Waals surface area contributed by atoms with E-state index in [1.807, 2.05) is 0 Å². The monoisotopic (exact) mass is 241 g/mol. The van der Waals surface area contributed by atoms with Gasteiger partial charge in [-0.1, -0.05) is 29.8 Å². The molecule has 2 N–H and O–H groups in total. The number of carbonyl (C=O) groups excluding carboxylic acids is 1. The normalized spacial score (nSPS) is 11.9. The van der Waals surface area contributed by atoms with Crippen molar-refractivity contribution in [2.24, 2.45) is 0 Å². The molecule has 0 heterocycles. The number of hydrogen-bond acceptors (Lipinski definition) is 2. The number of carboxylic acids is 1. The van der Waals surface area contributed by atoms with E-state index in [4.69, 9.17) is 16.7 Å². The third-order valence-electron chi connectivity index (χ3n) is 2.13. The smallest absolute Gasteiger partial charge is 0.312 e. The first-order valence-corrected chi connectivity index (χ1v) is 5.12. The van der Waals surface area contributed by atoms with E-state index < -0.39 is 11.9 Å². The molecule has 0 aliphatic heterocycles. The summed E-state index contributed by atoms with van der Waals surface area (Å²) < 4.78 is 0. The summed E-state index contributed by atoms with van der Waals surface area (Å²) in [7, 11) is 0. The largest absolute Gasteiger partial charge is 0.481 e. The van der Waals surface area contributed by atoms with E-state index in [0.717, 1.165) is 0 Å². The van der Waals surface area contributed by atoms with E-state index in [-0.39, 0.29) is 12.5 Å². The van der Waals surface area contributed by atoms with Crippen LogP contribution >= 0.6 is 11.6 Å². The summed E-state index contributed by atoms with van der Waals surface area (Å²) in [6.45, 7) is 1.37. The van der Waals surface area contributed by atoms with Gasteiger partial charge in [-0.2, -0.15) is 0 Å². The minimum atomic E-state index is -1.01. The lowest BCUT2D eigenvalue weighted by atomic mass is 9.99. The first-order chi connectivity index (χ1) is 7.52. The Balaban J connectivity index is 2.90. The van der Waals surface area contributed by atoms with E-state index in [1.54, 1.807) is 24.3 Å². The van der Waals surface area contributed by atoms with Crippen molar-refractivity contribution >= 4 is 23.5 Å². The van der Waals surface area contributed by atoms with Crippen molar-refractivity contribution in [2.75, 3.05) is 6.54 Å². The van der Waals surface area contributed by atoms with Crippen LogP contribution in [-0.2, 0) is 9.59 Å². The van der Waals surface area contributed by atoms with Crippen LogP contribution in [0.3, 0.4) is 0 Å². The van der Waals surface area contributed by atoms with Crippen molar-refractivity contribution in [3.63, 3.8) is 0 Å². The molecule has 1 atom stereocenters. The molecule has 0 saturated heterocycles. The Morgan fingerprint density at radius 1 is 1.44 bits per heavy atom. The molecule has 16 heavy (non-hydrogen) atoms. The Hall–Kier alpha value is -1.55. The van der Waals surface area contributed by atoms with Gasteiger partial charge in [0.25, 0.3) is 0 Å². The number of amides is 1. The molecule has 0 aromatic heterocycles. The second-order valence-corrected chi connectivity index (χ2v) is 3.76. The maximum atomic E-state index is 11.1. The van der Waals surface area contributed by atoms with Crippen LogP contribution < -0.4 is 5.32 Å². The van der Waals surface area contributed by atoms with Gasteiger partial charge in [-0.15, -0.1) is 0 Å². The molecule has 1 aromatic rings. The van der Waals surface area contributed by atoms with Crippen LogP contribution in [0.1, 0.15) is 18.4 Å². The highest BCUT2D eigenvalue weighted by molar-refractivity contribution is 6.31. The third kappa shape index (κ3) is 3.24. The first kappa shape index (κ1) is 12.5. The molecule has 4 nitrogen and oxygen atoms in total. The lowest BCUT2D eigenvalue weighted by Crippen LogP contribution is -2.30. The van der Waals surface area contributed by atoms with Crippen LogP contribution in [0.5, 0.6) is 0 Å². The maximum absolute atomic E-state index is 11.1. The van der Waals surface area contributed by atoms with E-state index in [9.17, 15) is 9.59 Å². The number of benzene rings is 1. The second kappa shape index (κ2) is 5.51. The van der Waals surface area contributed by atoms with Crippen molar-refractivity contribution < 1.29 is 14.7 Å². The summed E-state index contributed by atoms with van der Waals surface area (Å²) in [5, 5.41) is 11.9. The van der Waals surface area contributed by atoms with E-state index in [0.29, 0.717) is 10.6 Å². The molecule has 5 heteroatoms. The standard InChI is InChI=1S/C11H12ClNO3/c1-7(14)13-6-9(11(15)16)8-4-2-3-5-10(8)12/h2-5,9H,6H2,1H3,(H,13,14)(H,15,16). The van der Waals surface area contributed by atoms with Gasteiger partial charge in [-0.3, -0.25) is 9.59 Å². The van der Waals surface area contributed by atoms with Gasteiger partial charge in [-0.05, 0) is 11.6 Å². The Morgan fingerprint density at radius 2 is 2.06 bits per heavy atom. The Morgan fingerprint density at radius 3 is 2.56 bits per heavy atom. The summed E-state index contributed by atoms with van der Waals surface area (Å²) in [5.74, 6) is -2.10. The summed E-state index contributed by atoms with van der Waals surface area (Å²) in [6.07, 6.45) is 0. The molecule has 0 bridgehead atoms. The predicted octanol–water partition coefficient (Wildman–Crippen LogP) is 1.64. The summed E-state index contributed by atoms with van der Waals surface area (Å²) in [4.78, 5) is 21.8. The molecule has 1 rings (SSSR count). The summed E-state index contributed by atoms with van der Waals surface area (Å²) in [5.41, 5.74) is 0.505. The van der Waals surface area contributed by atoms with E-state index in [2.05, 4.69) is 5.32 Å². The minimum Gasteiger partial charge on any atom is -0.481 e. The lowest BCUT2D eigenvalue weighted by molar-refractivity contribution is -0.138. The number of nitrogens with one attached hydrogen (secondary N) is 1. The van der Waals surface area contributed by atoms with E-state index in [1.165, 1.54) is 6.92 Å². The van der Waals surface area contributed by atoms with Crippen LogP contribution in [0.15, 0.2) is 24.3 Å². The minimum absolute atomic E-state index is 0.0361. The van der Waals surface area contributed by atoms with Crippen molar-refractivity contribution in [3.05, 3.63) is 34.9 Å². The Kier molecular flexibility index (Phi) is 4.31. The van der Waals surface area contributed by atoms with Gasteiger partial charge >= 0.3 is 5.97 Å². The van der Waals surface area contributed by atoms with Gasteiger partial charge < -0.3 is 10.4 Å². The highest BCUT2D eigenvalue weighted by Crippen LogP contribution is 2.24. The Bertz CT molecular complexity index is 406. The van der Waals surface area contributed by atoms with Crippen LogP contribution in [0, 0.1) is 0 Å². The molecule has 0 aliphatic rings. The molecular weight excluding hydrogens is 230 g/mol. The molecule has 0 spiro atoms. The van der Waals surface area contributed by atoms with Crippen LogP contribution in [-0.4, -0.2) is 23.5 Å². The predicted molar refractivity (Wildman–Crippen MR) is 60.5 cm³/mol. The fourth-order valence-corrected chi connectivity index (χ4v) is 1.60. The highest BCUT2D eigenvalue weighted by atomic mass is 35.5. The van der Waals surface area contributed by atoms with Crippen molar-refractivity contribution in [1.82, 2.24) is 5.32 Å². The molecule has 0 aliphatic carbocycles. The number of carboxylic acid groups (broad SMARTS) is 1. The highest BCUT2D eigenvalue weighted by Gasteiger charge is 2.22. The van der Waals surface area contributed by atoms with Crippen molar-refractivity contribution in [2.45, 2.75) is 12.8 Å². The molecule has 86 valence electrons. The van der Waals surface area contributed by atoms with Crippen LogP contribution in [0.4, 0.5) is 0 Å². The zero-order valence-corrected chi connectivity index (χ0v) is 9.49. The summed E-state index contributed by atoms with van der Waals surface area (Å²) in [6, 6.07) is 6.71. The van der Waals surface area contributed by atoms with Crippen molar-refractivity contribution in [1.29, 1.82) is 0 Å². The van der Waals surface area contributed by atoms with Gasteiger partial charge in [0.2, 0.25) is 5.91 Å². The van der Waals surface area contributed by atoms with Gasteiger partial charge in [0, 0.05) is 18.5 Å². The van der Waals surface area contributed by atoms with Gasteiger partial charge in [0.05, 0.1) is 0 Å². The SMILES string of the molecule is CC(=O)NCC(C(=O)O)c1ccccc1Cl. The molecule has 0 saturated carbocycles. The van der Waals surface area contributed by atoms with Crippen LogP contribution in [0.25, 0.3) is 0 Å². The molecule has 1 aromatic carbocycles. The number of halogens is 1. The second-order valence-electron chi connectivity index (χ2n) is 3.35. The molecular formula is C11H12ClNO3. The van der Waals surface area contributed by atoms with Gasteiger partial charge in [0.1, 0.15) is 5.92 Å². The molecule has 1 unspecified atom stereocenters. The van der Waals surface area contributed by atoms with E-state index >= 15 is 0 Å². The zero-order valence-electron chi connectivity index (χ0n) is 8.74. The maximum Gasteiger partial charge on any atom is 0.312 e. The zero-order chi connectivity index (χ0) is 12.1. The fourth-order valence-electron chi connectivity index (χ4n) is 1.33. The number of hydrogen-bond donors (Lipinski definition) is 2. The quantitative estimate of drug-likeness (QED) is 0.842. The number of rotatable bonds is 4. The average molecular weight is 242 g/mol. The van der Waals surface area contributed by atoms with Crippen LogP contribution in [0.2, 0.25) is 5.02 Å². The number of carbonyl (C=O) groups is 2. The van der Waals surface area contributed by atoms with Gasteiger partial charge in [-0.25, -0.2) is 0 Å². The molecule has 0 radical (unpaired) electrons.